The predicted octanol–water partition coefficient (Wildman–Crippen LogP) is 2.03. The topological polar surface area (TPSA) is 23.5 Å². The molecule has 90 valence electrons. The molecule has 0 amide bonds. The normalized spacial score (nSPS) is 19.6. The van der Waals surface area contributed by atoms with Crippen LogP contribution in [0.3, 0.4) is 0 Å². The molecule has 1 rings (SSSR count). The minimum Gasteiger partial charge on any atom is -0.392 e. The Labute approximate surface area is 88.1 Å². The van der Waals surface area contributed by atoms with Gasteiger partial charge in [-0.05, 0) is 31.7 Å². The molecule has 15 heavy (non-hydrogen) atoms. The highest BCUT2D eigenvalue weighted by Gasteiger charge is 2.34. The van der Waals surface area contributed by atoms with Gasteiger partial charge in [0.25, 0.3) is 0 Å². The molecular formula is C10H18F3NO. The van der Waals surface area contributed by atoms with E-state index in [9.17, 15) is 18.3 Å². The van der Waals surface area contributed by atoms with Crippen LogP contribution in [0.2, 0.25) is 0 Å². The first kappa shape index (κ1) is 12.8. The van der Waals surface area contributed by atoms with Gasteiger partial charge in [-0.1, -0.05) is 6.92 Å². The van der Waals surface area contributed by atoms with E-state index >= 15 is 0 Å². The van der Waals surface area contributed by atoms with E-state index in [-0.39, 0.29) is 12.5 Å². The van der Waals surface area contributed by atoms with Crippen molar-refractivity contribution >= 4 is 0 Å². The van der Waals surface area contributed by atoms with Gasteiger partial charge in [0.1, 0.15) is 0 Å². The first-order valence-electron chi connectivity index (χ1n) is 5.39. The molecule has 2 nitrogen and oxygen atoms in total. The predicted molar refractivity (Wildman–Crippen MR) is 51.5 cm³/mol. The van der Waals surface area contributed by atoms with E-state index in [1.807, 2.05) is 6.92 Å². The Bertz CT molecular complexity index is 192. The van der Waals surface area contributed by atoms with Crippen molar-refractivity contribution in [1.82, 2.24) is 4.90 Å². The molecular weight excluding hydrogens is 207 g/mol. The molecule has 1 saturated carbocycles. The summed E-state index contributed by atoms with van der Waals surface area (Å²) in [5, 5.41) is 9.57. The highest BCUT2D eigenvalue weighted by molar-refractivity contribution is 4.83. The molecule has 0 saturated heterocycles. The number of hydrogen-bond acceptors (Lipinski definition) is 2. The molecule has 1 aliphatic rings. The minimum atomic E-state index is -4.17. The monoisotopic (exact) mass is 225 g/mol. The Morgan fingerprint density at radius 3 is 2.40 bits per heavy atom. The summed E-state index contributed by atoms with van der Waals surface area (Å²) in [6, 6.07) is 0. The average Bonchev–Trinajstić information content (AvgIpc) is 2.82. The third-order valence-electron chi connectivity index (χ3n) is 2.55. The molecule has 0 aromatic rings. The van der Waals surface area contributed by atoms with Crippen molar-refractivity contribution in [2.45, 2.75) is 38.5 Å². The Morgan fingerprint density at radius 1 is 1.40 bits per heavy atom. The van der Waals surface area contributed by atoms with E-state index in [1.54, 1.807) is 0 Å². The summed E-state index contributed by atoms with van der Waals surface area (Å²) in [6.07, 6.45) is -2.18. The second-order valence-electron chi connectivity index (χ2n) is 4.26. The van der Waals surface area contributed by atoms with Crippen molar-refractivity contribution in [1.29, 1.82) is 0 Å². The summed E-state index contributed by atoms with van der Waals surface area (Å²) in [5.74, 6) is 0.234. The molecule has 1 N–H and O–H groups in total. The number of hydrogen-bond donors (Lipinski definition) is 1. The van der Waals surface area contributed by atoms with Gasteiger partial charge in [-0.25, -0.2) is 0 Å². The van der Waals surface area contributed by atoms with Crippen molar-refractivity contribution < 1.29 is 18.3 Å². The molecule has 0 spiro atoms. The van der Waals surface area contributed by atoms with Crippen LogP contribution in [0.15, 0.2) is 0 Å². The zero-order valence-corrected chi connectivity index (χ0v) is 8.93. The van der Waals surface area contributed by atoms with Crippen LogP contribution in [0, 0.1) is 5.92 Å². The van der Waals surface area contributed by atoms with Gasteiger partial charge in [-0.2, -0.15) is 13.2 Å². The Kier molecular flexibility index (Phi) is 4.40. The standard InChI is InChI=1S/C10H18F3NO/c1-2-5-14(7-10(11,12)13)6-9(15)8-3-4-8/h8-9,15H,2-7H2,1H3. The Hall–Kier alpha value is -0.290. The van der Waals surface area contributed by atoms with Crippen molar-refractivity contribution in [2.75, 3.05) is 19.6 Å². The van der Waals surface area contributed by atoms with Crippen LogP contribution in [0.4, 0.5) is 13.2 Å². The number of rotatable bonds is 6. The first-order valence-corrected chi connectivity index (χ1v) is 5.39. The summed E-state index contributed by atoms with van der Waals surface area (Å²) in [5.41, 5.74) is 0. The van der Waals surface area contributed by atoms with Crippen LogP contribution >= 0.6 is 0 Å². The van der Waals surface area contributed by atoms with Crippen molar-refractivity contribution in [3.05, 3.63) is 0 Å². The fourth-order valence-electron chi connectivity index (χ4n) is 1.70. The molecule has 0 aliphatic heterocycles. The number of alkyl halides is 3. The van der Waals surface area contributed by atoms with Crippen molar-refractivity contribution in [2.24, 2.45) is 5.92 Å². The summed E-state index contributed by atoms with van der Waals surface area (Å²) in [6.45, 7) is 1.47. The lowest BCUT2D eigenvalue weighted by Crippen LogP contribution is -2.40. The molecule has 0 aromatic heterocycles. The maximum atomic E-state index is 12.2. The summed E-state index contributed by atoms with van der Waals surface area (Å²) in [7, 11) is 0. The smallest absolute Gasteiger partial charge is 0.392 e. The largest absolute Gasteiger partial charge is 0.401 e. The Morgan fingerprint density at radius 2 is 2.00 bits per heavy atom. The van der Waals surface area contributed by atoms with Crippen LogP contribution in [0.5, 0.6) is 0 Å². The highest BCUT2D eigenvalue weighted by atomic mass is 19.4. The van der Waals surface area contributed by atoms with Gasteiger partial charge in [0, 0.05) is 6.54 Å². The quantitative estimate of drug-likeness (QED) is 0.747. The Balaban J connectivity index is 2.34. The van der Waals surface area contributed by atoms with Crippen LogP contribution in [-0.4, -0.2) is 41.9 Å². The summed E-state index contributed by atoms with van der Waals surface area (Å²) < 4.78 is 36.5. The van der Waals surface area contributed by atoms with Crippen LogP contribution in [0.1, 0.15) is 26.2 Å². The molecule has 1 unspecified atom stereocenters. The molecule has 0 heterocycles. The highest BCUT2D eigenvalue weighted by Crippen LogP contribution is 2.33. The molecule has 1 fully saturated rings. The third kappa shape index (κ3) is 5.37. The molecule has 0 radical (unpaired) electrons. The number of aliphatic hydroxyl groups is 1. The molecule has 0 aromatic carbocycles. The average molecular weight is 225 g/mol. The second-order valence-corrected chi connectivity index (χ2v) is 4.26. The van der Waals surface area contributed by atoms with E-state index in [0.717, 1.165) is 12.8 Å². The van der Waals surface area contributed by atoms with Gasteiger partial charge in [0.05, 0.1) is 12.6 Å². The fraction of sp³-hybridized carbons (Fsp3) is 1.00. The van der Waals surface area contributed by atoms with E-state index in [4.69, 9.17) is 0 Å². The summed E-state index contributed by atoms with van der Waals surface area (Å²) in [4.78, 5) is 1.29. The lowest BCUT2D eigenvalue weighted by Gasteiger charge is -2.25. The number of nitrogens with zero attached hydrogens (tertiary/aromatic N) is 1. The van der Waals surface area contributed by atoms with Crippen molar-refractivity contribution in [3.63, 3.8) is 0 Å². The van der Waals surface area contributed by atoms with Gasteiger partial charge >= 0.3 is 6.18 Å². The lowest BCUT2D eigenvalue weighted by molar-refractivity contribution is -0.148. The van der Waals surface area contributed by atoms with E-state index < -0.39 is 18.8 Å². The first-order chi connectivity index (χ1) is 6.92. The van der Waals surface area contributed by atoms with E-state index in [0.29, 0.717) is 13.0 Å². The zero-order chi connectivity index (χ0) is 11.5. The lowest BCUT2D eigenvalue weighted by atomic mass is 10.2. The van der Waals surface area contributed by atoms with Gasteiger partial charge < -0.3 is 5.11 Å². The maximum absolute atomic E-state index is 12.2. The SMILES string of the molecule is CCCN(CC(O)C1CC1)CC(F)(F)F. The zero-order valence-electron chi connectivity index (χ0n) is 8.93. The van der Waals surface area contributed by atoms with Crippen LogP contribution < -0.4 is 0 Å². The third-order valence-corrected chi connectivity index (χ3v) is 2.55. The maximum Gasteiger partial charge on any atom is 0.401 e. The van der Waals surface area contributed by atoms with Crippen LogP contribution in [-0.2, 0) is 0 Å². The van der Waals surface area contributed by atoms with Gasteiger partial charge in [0.2, 0.25) is 0 Å². The number of halogens is 3. The molecule has 1 aliphatic carbocycles. The van der Waals surface area contributed by atoms with E-state index in [1.165, 1.54) is 4.90 Å². The van der Waals surface area contributed by atoms with Crippen molar-refractivity contribution in [3.8, 4) is 0 Å². The van der Waals surface area contributed by atoms with E-state index in [2.05, 4.69) is 0 Å². The van der Waals surface area contributed by atoms with Crippen LogP contribution in [0.25, 0.3) is 0 Å². The second kappa shape index (κ2) is 5.16. The van der Waals surface area contributed by atoms with Gasteiger partial charge in [0.15, 0.2) is 0 Å². The summed E-state index contributed by atoms with van der Waals surface area (Å²) >= 11 is 0. The number of aliphatic hydroxyl groups excluding tert-OH is 1. The fourth-order valence-corrected chi connectivity index (χ4v) is 1.70. The van der Waals surface area contributed by atoms with Gasteiger partial charge in [-0.15, -0.1) is 0 Å². The minimum absolute atomic E-state index is 0.151. The van der Waals surface area contributed by atoms with Gasteiger partial charge in [-0.3, -0.25) is 4.90 Å². The molecule has 5 heteroatoms. The molecule has 1 atom stereocenters. The molecule has 0 bridgehead atoms.